The minimum Gasteiger partial charge on any atom is -0.299 e. The molecule has 0 aliphatic rings. The van der Waals surface area contributed by atoms with Gasteiger partial charge in [0, 0.05) is 12.0 Å². The van der Waals surface area contributed by atoms with E-state index in [-0.39, 0.29) is 18.0 Å². The summed E-state index contributed by atoms with van der Waals surface area (Å²) in [6, 6.07) is 16.4. The smallest absolute Gasteiger partial charge is 0.170 e. The molecule has 0 saturated carbocycles. The van der Waals surface area contributed by atoms with Crippen LogP contribution < -0.4 is 0 Å². The van der Waals surface area contributed by atoms with Gasteiger partial charge in [0.2, 0.25) is 0 Å². The number of hydrogen-bond acceptors (Lipinski definition) is 2. The molecule has 2 rings (SSSR count). The van der Waals surface area contributed by atoms with Crippen molar-refractivity contribution in [2.45, 2.75) is 90.9 Å². The van der Waals surface area contributed by atoms with Crippen LogP contribution >= 0.6 is 0 Å². The molecule has 0 N–H and O–H groups in total. The fourth-order valence-corrected chi connectivity index (χ4v) is 3.76. The lowest BCUT2D eigenvalue weighted by Crippen LogP contribution is -2.06. The zero-order valence-electron chi connectivity index (χ0n) is 18.9. The third kappa shape index (κ3) is 8.65. The number of ketones is 2. The fourth-order valence-electron chi connectivity index (χ4n) is 3.76. The van der Waals surface area contributed by atoms with Gasteiger partial charge in [0.15, 0.2) is 5.78 Å². The maximum atomic E-state index is 12.1. The molecule has 2 aromatic carbocycles. The molecule has 2 nitrogen and oxygen atoms in total. The van der Waals surface area contributed by atoms with Crippen LogP contribution in [0.25, 0.3) is 11.1 Å². The summed E-state index contributed by atoms with van der Waals surface area (Å²) in [6.07, 6.45) is 13.8. The van der Waals surface area contributed by atoms with Crippen LogP contribution in [0.15, 0.2) is 48.5 Å². The monoisotopic (exact) mass is 406 g/mol. The van der Waals surface area contributed by atoms with Crippen LogP contribution in [0.1, 0.15) is 100 Å². The molecule has 0 unspecified atom stereocenters. The van der Waals surface area contributed by atoms with Gasteiger partial charge >= 0.3 is 0 Å². The van der Waals surface area contributed by atoms with Crippen LogP contribution in [0, 0.1) is 0 Å². The molecule has 0 heterocycles. The Morgan fingerprint density at radius 3 is 1.67 bits per heavy atom. The van der Waals surface area contributed by atoms with Crippen molar-refractivity contribution in [1.82, 2.24) is 0 Å². The van der Waals surface area contributed by atoms with Gasteiger partial charge in [-0.3, -0.25) is 9.59 Å². The van der Waals surface area contributed by atoms with Crippen molar-refractivity contribution in [3.8, 4) is 11.1 Å². The van der Waals surface area contributed by atoms with E-state index >= 15 is 0 Å². The van der Waals surface area contributed by atoms with Crippen LogP contribution in [-0.4, -0.2) is 11.6 Å². The van der Waals surface area contributed by atoms with Gasteiger partial charge in [0.05, 0.1) is 6.42 Å². The van der Waals surface area contributed by atoms with Crippen molar-refractivity contribution in [2.75, 3.05) is 0 Å². The second kappa shape index (κ2) is 13.9. The van der Waals surface area contributed by atoms with Gasteiger partial charge in [-0.05, 0) is 29.5 Å². The highest BCUT2D eigenvalue weighted by Gasteiger charge is 2.10. The Bertz CT molecular complexity index is 756. The van der Waals surface area contributed by atoms with Crippen LogP contribution in [-0.2, 0) is 11.2 Å². The molecule has 0 aliphatic carbocycles. The topological polar surface area (TPSA) is 34.1 Å². The molecule has 0 fully saturated rings. The van der Waals surface area contributed by atoms with Crippen molar-refractivity contribution in [1.29, 1.82) is 0 Å². The number of hydrogen-bond donors (Lipinski definition) is 0. The minimum atomic E-state index is -0.0929. The summed E-state index contributed by atoms with van der Waals surface area (Å²) in [5, 5.41) is 0. The Balaban J connectivity index is 1.73. The van der Waals surface area contributed by atoms with E-state index in [1.54, 1.807) is 6.92 Å². The number of carbonyl (C=O) groups is 2. The summed E-state index contributed by atoms with van der Waals surface area (Å²) >= 11 is 0. The fraction of sp³-hybridized carbons (Fsp3) is 0.500. The second-order valence-electron chi connectivity index (χ2n) is 8.34. The van der Waals surface area contributed by atoms with Gasteiger partial charge < -0.3 is 0 Å². The first-order valence-electron chi connectivity index (χ1n) is 11.9. The maximum absolute atomic E-state index is 12.1. The molecule has 0 saturated heterocycles. The third-order valence-electron chi connectivity index (χ3n) is 5.82. The van der Waals surface area contributed by atoms with Gasteiger partial charge in [-0.1, -0.05) is 114 Å². The Kier molecular flexibility index (Phi) is 11.1. The Hall–Kier alpha value is -2.22. The molecule has 30 heavy (non-hydrogen) atoms. The summed E-state index contributed by atoms with van der Waals surface area (Å²) in [6.45, 7) is 4.06. The quantitative estimate of drug-likeness (QED) is 0.171. The molecule has 0 aliphatic heterocycles. The van der Waals surface area contributed by atoms with Crippen molar-refractivity contribution in [3.05, 3.63) is 59.7 Å². The van der Waals surface area contributed by atoms with Crippen LogP contribution in [0.5, 0.6) is 0 Å². The first-order chi connectivity index (χ1) is 14.6. The molecule has 0 bridgehead atoms. The van der Waals surface area contributed by atoms with Crippen molar-refractivity contribution in [3.63, 3.8) is 0 Å². The van der Waals surface area contributed by atoms with Gasteiger partial charge in [0.25, 0.3) is 0 Å². The van der Waals surface area contributed by atoms with Gasteiger partial charge in [-0.2, -0.15) is 0 Å². The standard InChI is InChI=1S/C28H38O2/c1-3-5-6-7-8-9-10-11-12-13-23-14-16-24(17-15-23)25-18-20-26(21-19-25)28(30)22-27(29)4-2/h14-21H,3-13,22H2,1-2H3. The largest absolute Gasteiger partial charge is 0.299 e. The second-order valence-corrected chi connectivity index (χ2v) is 8.34. The van der Waals surface area contributed by atoms with E-state index in [0.29, 0.717) is 12.0 Å². The molecule has 0 aromatic heterocycles. The summed E-state index contributed by atoms with van der Waals surface area (Å²) in [4.78, 5) is 23.6. The van der Waals surface area contributed by atoms with E-state index in [0.717, 1.165) is 17.5 Å². The minimum absolute atomic E-state index is 0.00337. The molecule has 0 spiro atoms. The number of Topliss-reactive ketones (excluding diaryl/α,β-unsaturated/α-hetero) is 2. The Labute approximate surface area is 183 Å². The van der Waals surface area contributed by atoms with Crippen molar-refractivity contribution < 1.29 is 9.59 Å². The zero-order chi connectivity index (χ0) is 21.6. The maximum Gasteiger partial charge on any atom is 0.170 e. The SMILES string of the molecule is CCCCCCCCCCCc1ccc(-c2ccc(C(=O)CC(=O)CC)cc2)cc1. The van der Waals surface area contributed by atoms with E-state index in [4.69, 9.17) is 0 Å². The molecule has 0 amide bonds. The lowest BCUT2D eigenvalue weighted by Gasteiger charge is -2.06. The molecule has 2 heteroatoms. The summed E-state index contributed by atoms with van der Waals surface area (Å²) in [7, 11) is 0. The van der Waals surface area contributed by atoms with Crippen molar-refractivity contribution >= 4 is 11.6 Å². The first-order valence-corrected chi connectivity index (χ1v) is 11.9. The van der Waals surface area contributed by atoms with Crippen molar-refractivity contribution in [2.24, 2.45) is 0 Å². The van der Waals surface area contributed by atoms with Gasteiger partial charge in [0.1, 0.15) is 5.78 Å². The lowest BCUT2D eigenvalue weighted by molar-refractivity contribution is -0.117. The van der Waals surface area contributed by atoms with Crippen LogP contribution in [0.3, 0.4) is 0 Å². The molecule has 0 radical (unpaired) electrons. The molecular weight excluding hydrogens is 368 g/mol. The predicted molar refractivity (Wildman–Crippen MR) is 127 cm³/mol. The number of benzene rings is 2. The predicted octanol–water partition coefficient (Wildman–Crippen LogP) is 7.98. The summed E-state index contributed by atoms with van der Waals surface area (Å²) in [5.74, 6) is -0.101. The van der Waals surface area contributed by atoms with Gasteiger partial charge in [-0.15, -0.1) is 0 Å². The van der Waals surface area contributed by atoms with Crippen LogP contribution in [0.2, 0.25) is 0 Å². The summed E-state index contributed by atoms with van der Waals surface area (Å²) < 4.78 is 0. The average molecular weight is 407 g/mol. The lowest BCUT2D eigenvalue weighted by atomic mass is 9.98. The highest BCUT2D eigenvalue weighted by Crippen LogP contribution is 2.22. The molecular formula is C28H38O2. The van der Waals surface area contributed by atoms with E-state index in [9.17, 15) is 9.59 Å². The zero-order valence-corrected chi connectivity index (χ0v) is 18.9. The normalized spacial score (nSPS) is 10.9. The average Bonchev–Trinajstić information content (AvgIpc) is 2.78. The molecule has 2 aromatic rings. The van der Waals surface area contributed by atoms with E-state index < -0.39 is 0 Å². The number of aryl methyl sites for hydroxylation is 1. The molecule has 162 valence electrons. The third-order valence-corrected chi connectivity index (χ3v) is 5.82. The highest BCUT2D eigenvalue weighted by molar-refractivity contribution is 6.08. The van der Waals surface area contributed by atoms with E-state index in [1.165, 1.54) is 63.4 Å². The van der Waals surface area contributed by atoms with Crippen LogP contribution in [0.4, 0.5) is 0 Å². The number of rotatable bonds is 15. The molecule has 0 atom stereocenters. The van der Waals surface area contributed by atoms with E-state index in [2.05, 4.69) is 31.2 Å². The number of carbonyl (C=O) groups excluding carboxylic acids is 2. The summed E-state index contributed by atoms with van der Waals surface area (Å²) in [5.41, 5.74) is 4.27. The first kappa shape index (κ1) is 24.1. The number of unbranched alkanes of at least 4 members (excludes halogenated alkanes) is 8. The highest BCUT2D eigenvalue weighted by atomic mass is 16.1. The van der Waals surface area contributed by atoms with E-state index in [1.807, 2.05) is 24.3 Å². The Morgan fingerprint density at radius 1 is 0.633 bits per heavy atom. The Morgan fingerprint density at radius 2 is 1.13 bits per heavy atom. The van der Waals surface area contributed by atoms with Gasteiger partial charge in [-0.25, -0.2) is 0 Å².